The second-order valence-electron chi connectivity index (χ2n) is 5.30. The van der Waals surface area contributed by atoms with Gasteiger partial charge in [-0.05, 0) is 35.7 Å². The summed E-state index contributed by atoms with van der Waals surface area (Å²) in [5, 5.41) is 5.84. The van der Waals surface area contributed by atoms with E-state index in [1.807, 2.05) is 19.1 Å². The largest absolute Gasteiger partial charge is 0.464 e. The van der Waals surface area contributed by atoms with E-state index in [1.54, 1.807) is 6.26 Å². The first-order valence-electron chi connectivity index (χ1n) is 7.24. The molecular weight excluding hydrogens is 282 g/mol. The van der Waals surface area contributed by atoms with E-state index in [1.165, 1.54) is 6.92 Å². The zero-order chi connectivity index (χ0) is 15.7. The van der Waals surface area contributed by atoms with E-state index in [-0.39, 0.29) is 5.55 Å². The molecule has 0 amide bonds. The summed E-state index contributed by atoms with van der Waals surface area (Å²) < 4.78 is 11.2. The minimum atomic E-state index is -0.482. The first-order chi connectivity index (χ1) is 10.6. The quantitative estimate of drug-likeness (QED) is 0.545. The van der Waals surface area contributed by atoms with Gasteiger partial charge in [-0.2, -0.15) is 0 Å². The standard InChI is InChI=1S/C17H17NO4/c1-4-5-12-6-17(18-22-11(3)19)21-16-8-15-13(7-14(12)16)10(2)9-20-15/h6-9H,4-5H2,1-3H3. The normalized spacial score (nSPS) is 12.2. The minimum absolute atomic E-state index is 0.272. The molecule has 0 aliphatic rings. The monoisotopic (exact) mass is 299 g/mol. The highest BCUT2D eigenvalue weighted by Crippen LogP contribution is 2.28. The summed E-state index contributed by atoms with van der Waals surface area (Å²) in [7, 11) is 0. The molecule has 3 rings (SSSR count). The third-order valence-corrected chi connectivity index (χ3v) is 3.51. The van der Waals surface area contributed by atoms with Crippen LogP contribution in [0.3, 0.4) is 0 Å². The summed E-state index contributed by atoms with van der Waals surface area (Å²) in [6.45, 7) is 5.42. The number of hydrogen-bond acceptors (Lipinski definition) is 5. The molecule has 5 heteroatoms. The molecule has 0 unspecified atom stereocenters. The average Bonchev–Trinajstić information content (AvgIpc) is 2.84. The van der Waals surface area contributed by atoms with Crippen molar-refractivity contribution < 1.29 is 18.5 Å². The summed E-state index contributed by atoms with van der Waals surface area (Å²) in [5.74, 6) is -0.482. The van der Waals surface area contributed by atoms with Crippen molar-refractivity contribution in [2.45, 2.75) is 33.6 Å². The van der Waals surface area contributed by atoms with Gasteiger partial charge in [-0.3, -0.25) is 0 Å². The zero-order valence-electron chi connectivity index (χ0n) is 12.8. The lowest BCUT2D eigenvalue weighted by Gasteiger charge is -2.05. The first-order valence-corrected chi connectivity index (χ1v) is 7.24. The van der Waals surface area contributed by atoms with Gasteiger partial charge in [0.15, 0.2) is 0 Å². The summed E-state index contributed by atoms with van der Waals surface area (Å²) in [6.07, 6.45) is 3.61. The highest BCUT2D eigenvalue weighted by atomic mass is 16.7. The van der Waals surface area contributed by atoms with Gasteiger partial charge in [0.25, 0.3) is 5.55 Å². The van der Waals surface area contributed by atoms with Crippen LogP contribution in [0.4, 0.5) is 0 Å². The molecule has 0 atom stereocenters. The van der Waals surface area contributed by atoms with E-state index in [4.69, 9.17) is 8.83 Å². The maximum Gasteiger partial charge on any atom is 0.332 e. The molecule has 0 saturated heterocycles. The number of furan rings is 1. The fraction of sp³-hybridized carbons (Fsp3) is 0.294. The number of nitrogens with zero attached hydrogens (tertiary/aromatic N) is 1. The molecule has 5 nitrogen and oxygen atoms in total. The van der Waals surface area contributed by atoms with Gasteiger partial charge < -0.3 is 13.7 Å². The maximum atomic E-state index is 10.9. The number of rotatable bonds is 3. The summed E-state index contributed by atoms with van der Waals surface area (Å²) in [6, 6.07) is 5.74. The van der Waals surface area contributed by atoms with Gasteiger partial charge in [0.2, 0.25) is 0 Å². The fourth-order valence-electron chi connectivity index (χ4n) is 2.52. The van der Waals surface area contributed by atoms with E-state index >= 15 is 0 Å². The van der Waals surface area contributed by atoms with Crippen molar-refractivity contribution in [1.82, 2.24) is 0 Å². The number of carbonyl (C=O) groups is 1. The van der Waals surface area contributed by atoms with Gasteiger partial charge in [0, 0.05) is 29.8 Å². The second kappa shape index (κ2) is 5.67. The van der Waals surface area contributed by atoms with Crippen LogP contribution in [0.15, 0.2) is 38.5 Å². The van der Waals surface area contributed by atoms with Gasteiger partial charge in [-0.15, -0.1) is 0 Å². The van der Waals surface area contributed by atoms with E-state index in [0.29, 0.717) is 5.58 Å². The van der Waals surface area contributed by atoms with E-state index in [2.05, 4.69) is 23.0 Å². The molecule has 0 spiro atoms. The Morgan fingerprint density at radius 2 is 2.05 bits per heavy atom. The Hall–Kier alpha value is -2.56. The van der Waals surface area contributed by atoms with Crippen molar-refractivity contribution in [2.24, 2.45) is 5.16 Å². The molecule has 22 heavy (non-hydrogen) atoms. The Balaban J connectivity index is 2.28. The van der Waals surface area contributed by atoms with Crippen molar-refractivity contribution in [2.75, 3.05) is 0 Å². The van der Waals surface area contributed by atoms with Crippen molar-refractivity contribution in [3.63, 3.8) is 0 Å². The van der Waals surface area contributed by atoms with Crippen LogP contribution in [0.2, 0.25) is 0 Å². The molecule has 0 bridgehead atoms. The number of carbonyl (C=O) groups excluding carboxylic acids is 1. The van der Waals surface area contributed by atoms with Crippen molar-refractivity contribution >= 4 is 27.9 Å². The predicted octanol–water partition coefficient (Wildman–Crippen LogP) is 3.82. The number of aryl methyl sites for hydroxylation is 2. The smallest absolute Gasteiger partial charge is 0.332 e. The SMILES string of the molecule is CCCc1cc(=NOC(C)=O)oc2cc3occ(C)c3cc12. The van der Waals surface area contributed by atoms with Gasteiger partial charge in [0.1, 0.15) is 11.2 Å². The Morgan fingerprint density at radius 1 is 1.23 bits per heavy atom. The molecule has 1 aromatic carbocycles. The Kier molecular flexibility index (Phi) is 3.71. The molecular formula is C17H17NO4. The third-order valence-electron chi connectivity index (χ3n) is 3.51. The molecule has 0 N–H and O–H groups in total. The van der Waals surface area contributed by atoms with Crippen LogP contribution in [0.5, 0.6) is 0 Å². The number of fused-ring (bicyclic) bond motifs is 2. The zero-order valence-corrected chi connectivity index (χ0v) is 12.8. The van der Waals surface area contributed by atoms with Crippen molar-refractivity contribution in [3.8, 4) is 0 Å². The number of benzene rings is 1. The third kappa shape index (κ3) is 2.62. The van der Waals surface area contributed by atoms with Gasteiger partial charge in [0.05, 0.1) is 6.26 Å². The van der Waals surface area contributed by atoms with E-state index < -0.39 is 5.97 Å². The molecule has 2 heterocycles. The lowest BCUT2D eigenvalue weighted by molar-refractivity contribution is -0.141. The van der Waals surface area contributed by atoms with E-state index in [9.17, 15) is 4.79 Å². The molecule has 114 valence electrons. The van der Waals surface area contributed by atoms with Crippen LogP contribution < -0.4 is 5.55 Å². The summed E-state index contributed by atoms with van der Waals surface area (Å²) in [4.78, 5) is 15.6. The highest BCUT2D eigenvalue weighted by Gasteiger charge is 2.10. The molecule has 0 aliphatic carbocycles. The Labute approximate surface area is 127 Å². The maximum absolute atomic E-state index is 10.9. The predicted molar refractivity (Wildman–Crippen MR) is 82.0 cm³/mol. The average molecular weight is 299 g/mol. The van der Waals surface area contributed by atoms with Crippen LogP contribution in [-0.4, -0.2) is 5.97 Å². The van der Waals surface area contributed by atoms with Crippen LogP contribution in [-0.2, 0) is 16.1 Å². The first kappa shape index (κ1) is 14.4. The molecule has 2 aromatic heterocycles. The summed E-state index contributed by atoms with van der Waals surface area (Å²) >= 11 is 0. The molecule has 0 saturated carbocycles. The Bertz CT molecular complexity index is 917. The topological polar surface area (TPSA) is 64.9 Å². The van der Waals surface area contributed by atoms with Crippen LogP contribution in [0.25, 0.3) is 21.9 Å². The van der Waals surface area contributed by atoms with Crippen LogP contribution in [0.1, 0.15) is 31.4 Å². The minimum Gasteiger partial charge on any atom is -0.464 e. The highest BCUT2D eigenvalue weighted by molar-refractivity contribution is 5.96. The van der Waals surface area contributed by atoms with Crippen LogP contribution in [0, 0.1) is 6.92 Å². The second-order valence-corrected chi connectivity index (χ2v) is 5.30. The van der Waals surface area contributed by atoms with E-state index in [0.717, 1.165) is 40.3 Å². The Morgan fingerprint density at radius 3 is 2.77 bits per heavy atom. The molecule has 0 radical (unpaired) electrons. The van der Waals surface area contributed by atoms with Gasteiger partial charge in [-0.1, -0.05) is 13.3 Å². The molecule has 0 fully saturated rings. The van der Waals surface area contributed by atoms with Gasteiger partial charge >= 0.3 is 5.97 Å². The summed E-state index contributed by atoms with van der Waals surface area (Å²) in [5.41, 5.74) is 3.90. The van der Waals surface area contributed by atoms with Crippen LogP contribution >= 0.6 is 0 Å². The molecule has 0 aliphatic heterocycles. The van der Waals surface area contributed by atoms with Crippen molar-refractivity contribution in [3.05, 3.63) is 41.1 Å². The lowest BCUT2D eigenvalue weighted by atomic mass is 10.0. The molecule has 3 aromatic rings. The fourth-order valence-corrected chi connectivity index (χ4v) is 2.52. The van der Waals surface area contributed by atoms with Gasteiger partial charge in [-0.25, -0.2) is 4.79 Å². The lowest BCUT2D eigenvalue weighted by Crippen LogP contribution is -2.06. The number of hydrogen-bond donors (Lipinski definition) is 0. The van der Waals surface area contributed by atoms with Crippen molar-refractivity contribution in [1.29, 1.82) is 0 Å².